The second-order valence-electron chi connectivity index (χ2n) is 6.98. The number of non-ortho nitro benzene ring substituents is 1. The molecule has 1 aliphatic rings. The summed E-state index contributed by atoms with van der Waals surface area (Å²) >= 11 is 0. The quantitative estimate of drug-likeness (QED) is 0.308. The van der Waals surface area contributed by atoms with Crippen molar-refractivity contribution in [2.24, 2.45) is 0 Å². The van der Waals surface area contributed by atoms with Gasteiger partial charge in [-0.2, -0.15) is 4.98 Å². The van der Waals surface area contributed by atoms with Crippen LogP contribution in [0.25, 0.3) is 6.08 Å². The largest absolute Gasteiger partial charge is 0.476 e. The Hall–Kier alpha value is -3.49. The van der Waals surface area contributed by atoms with Gasteiger partial charge >= 0.3 is 0 Å². The number of carbonyl (C=O) groups is 1. The summed E-state index contributed by atoms with van der Waals surface area (Å²) < 4.78 is 5.69. The van der Waals surface area contributed by atoms with Crippen molar-refractivity contribution in [1.82, 2.24) is 15.3 Å². The van der Waals surface area contributed by atoms with Crippen LogP contribution < -0.4 is 15.0 Å². The number of hydrogen-bond donors (Lipinski definition) is 1. The highest BCUT2D eigenvalue weighted by atomic mass is 16.6. The number of aromatic nitrogens is 2. The van der Waals surface area contributed by atoms with Gasteiger partial charge in [-0.1, -0.05) is 0 Å². The zero-order valence-corrected chi connectivity index (χ0v) is 16.9. The Morgan fingerprint density at radius 3 is 2.67 bits per heavy atom. The molecule has 158 valence electrons. The third-order valence-electron chi connectivity index (χ3n) is 4.66. The molecule has 1 aliphatic heterocycles. The highest BCUT2D eigenvalue weighted by Crippen LogP contribution is 2.21. The molecule has 1 aromatic carbocycles. The van der Waals surface area contributed by atoms with Crippen LogP contribution in [0.3, 0.4) is 0 Å². The maximum absolute atomic E-state index is 11.9. The van der Waals surface area contributed by atoms with Crippen LogP contribution in [0.15, 0.2) is 36.4 Å². The molecule has 30 heavy (non-hydrogen) atoms. The molecule has 0 saturated carbocycles. The van der Waals surface area contributed by atoms with Gasteiger partial charge in [0.15, 0.2) is 0 Å². The van der Waals surface area contributed by atoms with E-state index in [-0.39, 0.29) is 18.2 Å². The lowest BCUT2D eigenvalue weighted by atomic mass is 10.1. The SMILES string of the molecule is Cc1nc(OCCNC(=O)C=Cc2ccc([N+](=O)[O-])cc2)cc(N2CCCCC2)n1. The summed E-state index contributed by atoms with van der Waals surface area (Å²) in [6.07, 6.45) is 6.56. The Bertz CT molecular complexity index is 908. The number of aryl methyl sites for hydroxylation is 1. The van der Waals surface area contributed by atoms with E-state index in [1.165, 1.54) is 37.5 Å². The summed E-state index contributed by atoms with van der Waals surface area (Å²) in [4.78, 5) is 33.2. The maximum Gasteiger partial charge on any atom is 0.269 e. The number of piperidine rings is 1. The molecule has 1 amide bonds. The standard InChI is InChI=1S/C21H25N5O4/c1-16-23-19(25-12-3-2-4-13-25)15-21(24-16)30-14-11-22-20(27)10-7-17-5-8-18(9-6-17)26(28)29/h5-10,15H,2-4,11-14H2,1H3,(H,22,27). The molecule has 0 bridgehead atoms. The lowest BCUT2D eigenvalue weighted by Gasteiger charge is -2.28. The van der Waals surface area contributed by atoms with Crippen molar-refractivity contribution in [3.63, 3.8) is 0 Å². The molecule has 1 saturated heterocycles. The normalized spacial score (nSPS) is 14.0. The first-order valence-corrected chi connectivity index (χ1v) is 9.95. The van der Waals surface area contributed by atoms with Gasteiger partial charge in [-0.25, -0.2) is 4.98 Å². The number of nitro benzene ring substituents is 1. The van der Waals surface area contributed by atoms with Crippen LogP contribution in [-0.4, -0.2) is 47.0 Å². The molecular formula is C21H25N5O4. The van der Waals surface area contributed by atoms with Gasteiger partial charge in [-0.05, 0) is 50.0 Å². The maximum atomic E-state index is 11.9. The van der Waals surface area contributed by atoms with E-state index < -0.39 is 4.92 Å². The predicted molar refractivity (Wildman–Crippen MR) is 113 cm³/mol. The Morgan fingerprint density at radius 1 is 1.23 bits per heavy atom. The number of nitrogens with zero attached hydrogens (tertiary/aromatic N) is 4. The van der Waals surface area contributed by atoms with Crippen LogP contribution in [0.2, 0.25) is 0 Å². The van der Waals surface area contributed by atoms with Crippen LogP contribution in [0.1, 0.15) is 30.7 Å². The third-order valence-corrected chi connectivity index (χ3v) is 4.66. The number of amides is 1. The van der Waals surface area contributed by atoms with Gasteiger partial charge in [0.1, 0.15) is 18.2 Å². The van der Waals surface area contributed by atoms with Gasteiger partial charge in [0.05, 0.1) is 11.5 Å². The van der Waals surface area contributed by atoms with E-state index in [1.807, 2.05) is 13.0 Å². The molecule has 0 radical (unpaired) electrons. The number of rotatable bonds is 8. The first-order valence-electron chi connectivity index (χ1n) is 9.95. The fourth-order valence-electron chi connectivity index (χ4n) is 3.15. The molecule has 2 aromatic rings. The van der Waals surface area contributed by atoms with Gasteiger partial charge < -0.3 is 15.0 Å². The molecule has 2 heterocycles. The number of ether oxygens (including phenoxy) is 1. The zero-order chi connectivity index (χ0) is 21.3. The van der Waals surface area contributed by atoms with E-state index in [2.05, 4.69) is 20.2 Å². The predicted octanol–water partition coefficient (Wildman–Crippen LogP) is 2.89. The summed E-state index contributed by atoms with van der Waals surface area (Å²) in [5, 5.41) is 13.4. The minimum absolute atomic E-state index is 0.0113. The number of nitrogens with one attached hydrogen (secondary N) is 1. The van der Waals surface area contributed by atoms with Crippen LogP contribution in [-0.2, 0) is 4.79 Å². The van der Waals surface area contributed by atoms with Crippen molar-refractivity contribution in [3.8, 4) is 5.88 Å². The average Bonchev–Trinajstić information content (AvgIpc) is 2.76. The molecule has 0 unspecified atom stereocenters. The first-order chi connectivity index (χ1) is 14.5. The Balaban J connectivity index is 1.44. The summed E-state index contributed by atoms with van der Waals surface area (Å²) in [6.45, 7) is 4.43. The zero-order valence-electron chi connectivity index (χ0n) is 16.9. The van der Waals surface area contributed by atoms with Crippen molar-refractivity contribution in [3.05, 3.63) is 57.9 Å². The van der Waals surface area contributed by atoms with Crippen molar-refractivity contribution in [1.29, 1.82) is 0 Å². The van der Waals surface area contributed by atoms with Crippen molar-refractivity contribution >= 4 is 23.5 Å². The van der Waals surface area contributed by atoms with Gasteiger partial charge in [0.25, 0.3) is 5.69 Å². The fourth-order valence-corrected chi connectivity index (χ4v) is 3.15. The van der Waals surface area contributed by atoms with Crippen molar-refractivity contribution in [2.45, 2.75) is 26.2 Å². The van der Waals surface area contributed by atoms with Gasteiger partial charge in [-0.15, -0.1) is 0 Å². The number of carbonyl (C=O) groups excluding carboxylic acids is 1. The van der Waals surface area contributed by atoms with Crippen LogP contribution in [0.5, 0.6) is 5.88 Å². The van der Waals surface area contributed by atoms with Gasteiger partial charge in [0.2, 0.25) is 11.8 Å². The summed E-state index contributed by atoms with van der Waals surface area (Å²) in [5.74, 6) is 1.76. The molecular weight excluding hydrogens is 386 g/mol. The molecule has 9 heteroatoms. The summed E-state index contributed by atoms with van der Waals surface area (Å²) in [5.41, 5.74) is 0.714. The molecule has 9 nitrogen and oxygen atoms in total. The van der Waals surface area contributed by atoms with E-state index in [9.17, 15) is 14.9 Å². The minimum atomic E-state index is -0.463. The molecule has 0 atom stereocenters. The molecule has 0 spiro atoms. The van der Waals surface area contributed by atoms with Crippen molar-refractivity contribution < 1.29 is 14.5 Å². The van der Waals surface area contributed by atoms with Crippen LogP contribution >= 0.6 is 0 Å². The Morgan fingerprint density at radius 2 is 1.97 bits per heavy atom. The van der Waals surface area contributed by atoms with E-state index in [4.69, 9.17) is 4.74 Å². The lowest BCUT2D eigenvalue weighted by molar-refractivity contribution is -0.384. The Kier molecular flexibility index (Phi) is 7.31. The van der Waals surface area contributed by atoms with E-state index in [1.54, 1.807) is 18.2 Å². The number of anilines is 1. The lowest BCUT2D eigenvalue weighted by Crippen LogP contribution is -2.30. The summed E-state index contributed by atoms with van der Waals surface area (Å²) in [7, 11) is 0. The first kappa shape index (κ1) is 21.2. The van der Waals surface area contributed by atoms with E-state index in [0.717, 1.165) is 18.9 Å². The Labute approximate surface area is 174 Å². The van der Waals surface area contributed by atoms with Crippen LogP contribution in [0, 0.1) is 17.0 Å². The highest BCUT2D eigenvalue weighted by Gasteiger charge is 2.14. The van der Waals surface area contributed by atoms with E-state index in [0.29, 0.717) is 23.8 Å². The molecule has 1 N–H and O–H groups in total. The van der Waals surface area contributed by atoms with Gasteiger partial charge in [-0.3, -0.25) is 14.9 Å². The number of benzene rings is 1. The minimum Gasteiger partial charge on any atom is -0.476 e. The third kappa shape index (κ3) is 6.26. The topological polar surface area (TPSA) is 110 Å². The van der Waals surface area contributed by atoms with Crippen LogP contribution in [0.4, 0.5) is 11.5 Å². The highest BCUT2D eigenvalue weighted by molar-refractivity contribution is 5.91. The molecule has 0 aliphatic carbocycles. The molecule has 1 aromatic heterocycles. The van der Waals surface area contributed by atoms with Gasteiger partial charge in [0, 0.05) is 37.4 Å². The fraction of sp³-hybridized carbons (Fsp3) is 0.381. The monoisotopic (exact) mass is 411 g/mol. The number of nitro groups is 1. The second kappa shape index (κ2) is 10.3. The van der Waals surface area contributed by atoms with Crippen molar-refractivity contribution in [2.75, 3.05) is 31.1 Å². The molecule has 3 rings (SSSR count). The van der Waals surface area contributed by atoms with E-state index >= 15 is 0 Å². The smallest absolute Gasteiger partial charge is 0.269 e. The average molecular weight is 411 g/mol. The second-order valence-corrected chi connectivity index (χ2v) is 6.98. The molecule has 1 fully saturated rings. The summed E-state index contributed by atoms with van der Waals surface area (Å²) in [6, 6.07) is 7.81. The number of hydrogen-bond acceptors (Lipinski definition) is 7.